The average Bonchev–Trinajstić information content (AvgIpc) is 2.30. The summed E-state index contributed by atoms with van der Waals surface area (Å²) in [6.07, 6.45) is 0.915. The monoisotopic (exact) mass is 313 g/mol. The lowest BCUT2D eigenvalue weighted by atomic mass is 10.1. The van der Waals surface area contributed by atoms with Gasteiger partial charge in [-0.05, 0) is 62.0 Å². The molecule has 0 aliphatic rings. The number of halogens is 1. The molecule has 0 heterocycles. The summed E-state index contributed by atoms with van der Waals surface area (Å²) in [5, 5.41) is 2.97. The lowest BCUT2D eigenvalue weighted by Gasteiger charge is -2.17. The number of hydrogen-bond acceptors (Lipinski definition) is 3. The largest absolute Gasteiger partial charge is 0.398 e. The van der Waals surface area contributed by atoms with E-state index in [1.54, 1.807) is 18.2 Å². The molecule has 0 spiro atoms. The first-order valence-electron chi connectivity index (χ1n) is 5.91. The normalized spacial score (nSPS) is 12.5. The van der Waals surface area contributed by atoms with Gasteiger partial charge in [-0.1, -0.05) is 6.07 Å². The topological polar surface area (TPSA) is 58.4 Å². The third kappa shape index (κ3) is 4.31. The Morgan fingerprint density at radius 3 is 2.78 bits per heavy atom. The van der Waals surface area contributed by atoms with Crippen molar-refractivity contribution in [3.05, 3.63) is 28.2 Å². The number of hydrogen-bond donors (Lipinski definition) is 2. The van der Waals surface area contributed by atoms with Gasteiger partial charge in [0.1, 0.15) is 0 Å². The summed E-state index contributed by atoms with van der Waals surface area (Å²) in [4.78, 5) is 14.2. The van der Waals surface area contributed by atoms with Crippen LogP contribution in [-0.2, 0) is 0 Å². The fraction of sp³-hybridized carbons (Fsp3) is 0.462. The molecule has 0 aliphatic carbocycles. The minimum absolute atomic E-state index is 0.0968. The molecule has 1 aromatic rings. The van der Waals surface area contributed by atoms with Crippen LogP contribution in [0.2, 0.25) is 0 Å². The van der Waals surface area contributed by atoms with Crippen LogP contribution in [0.15, 0.2) is 22.7 Å². The maximum absolute atomic E-state index is 12.1. The predicted molar refractivity (Wildman–Crippen MR) is 78.7 cm³/mol. The van der Waals surface area contributed by atoms with E-state index in [4.69, 9.17) is 5.73 Å². The van der Waals surface area contributed by atoms with E-state index in [-0.39, 0.29) is 11.9 Å². The van der Waals surface area contributed by atoms with Crippen LogP contribution in [0.25, 0.3) is 0 Å². The van der Waals surface area contributed by atoms with E-state index in [9.17, 15) is 4.79 Å². The lowest BCUT2D eigenvalue weighted by Crippen LogP contribution is -2.35. The van der Waals surface area contributed by atoms with Crippen LogP contribution in [0, 0.1) is 0 Å². The van der Waals surface area contributed by atoms with Crippen LogP contribution < -0.4 is 11.1 Å². The Balaban J connectivity index is 2.62. The van der Waals surface area contributed by atoms with E-state index in [0.29, 0.717) is 15.7 Å². The quantitative estimate of drug-likeness (QED) is 0.818. The van der Waals surface area contributed by atoms with Gasteiger partial charge >= 0.3 is 0 Å². The molecule has 100 valence electrons. The number of carbonyl (C=O) groups is 1. The summed E-state index contributed by atoms with van der Waals surface area (Å²) in [7, 11) is 4.03. The second kappa shape index (κ2) is 6.75. The van der Waals surface area contributed by atoms with Crippen LogP contribution in [0.4, 0.5) is 5.69 Å². The number of nitrogens with one attached hydrogen (secondary N) is 1. The standard InChI is InChI=1S/C13H20BrN3O/c1-9(7-8-17(2)3)16-13(18)10-5-4-6-11(15)12(10)14/h4-6,9H,7-8,15H2,1-3H3,(H,16,18). The van der Waals surface area contributed by atoms with Crippen molar-refractivity contribution in [3.8, 4) is 0 Å². The molecule has 0 aliphatic heterocycles. The number of rotatable bonds is 5. The smallest absolute Gasteiger partial charge is 0.252 e. The molecular weight excluding hydrogens is 294 g/mol. The second-order valence-electron chi connectivity index (χ2n) is 4.68. The van der Waals surface area contributed by atoms with Gasteiger partial charge in [-0.15, -0.1) is 0 Å². The van der Waals surface area contributed by atoms with Gasteiger partial charge in [0.25, 0.3) is 5.91 Å². The van der Waals surface area contributed by atoms with Crippen molar-refractivity contribution < 1.29 is 4.79 Å². The summed E-state index contributed by atoms with van der Waals surface area (Å²) < 4.78 is 0.655. The molecule has 1 amide bonds. The van der Waals surface area contributed by atoms with Crippen molar-refractivity contribution in [2.24, 2.45) is 0 Å². The zero-order chi connectivity index (χ0) is 13.7. The molecular formula is C13H20BrN3O. The van der Waals surface area contributed by atoms with Gasteiger partial charge in [-0.25, -0.2) is 0 Å². The molecule has 3 N–H and O–H groups in total. The van der Waals surface area contributed by atoms with E-state index >= 15 is 0 Å². The number of nitrogens with zero attached hydrogens (tertiary/aromatic N) is 1. The first-order valence-corrected chi connectivity index (χ1v) is 6.70. The average molecular weight is 314 g/mol. The molecule has 0 bridgehead atoms. The molecule has 1 atom stereocenters. The van der Waals surface area contributed by atoms with Crippen LogP contribution in [0.5, 0.6) is 0 Å². The molecule has 1 unspecified atom stereocenters. The zero-order valence-corrected chi connectivity index (χ0v) is 12.6. The number of carbonyl (C=O) groups excluding carboxylic acids is 1. The van der Waals surface area contributed by atoms with E-state index in [0.717, 1.165) is 13.0 Å². The molecule has 18 heavy (non-hydrogen) atoms. The molecule has 0 fully saturated rings. The summed E-state index contributed by atoms with van der Waals surface area (Å²) in [6, 6.07) is 5.43. The molecule has 0 aromatic heterocycles. The van der Waals surface area contributed by atoms with Gasteiger partial charge in [0.2, 0.25) is 0 Å². The number of anilines is 1. The highest BCUT2D eigenvalue weighted by Gasteiger charge is 2.14. The van der Waals surface area contributed by atoms with E-state index in [1.807, 2.05) is 21.0 Å². The SMILES string of the molecule is CC(CCN(C)C)NC(=O)c1cccc(N)c1Br. The Hall–Kier alpha value is -1.07. The molecule has 1 rings (SSSR count). The van der Waals surface area contributed by atoms with Gasteiger partial charge in [0, 0.05) is 11.7 Å². The van der Waals surface area contributed by atoms with E-state index < -0.39 is 0 Å². The Morgan fingerprint density at radius 1 is 1.50 bits per heavy atom. The summed E-state index contributed by atoms with van der Waals surface area (Å²) in [5.74, 6) is -0.0968. The number of nitrogens with two attached hydrogens (primary N) is 1. The predicted octanol–water partition coefficient (Wildman–Crippen LogP) is 2.10. The van der Waals surface area contributed by atoms with Gasteiger partial charge in [0.15, 0.2) is 0 Å². The first kappa shape index (κ1) is 15.0. The van der Waals surface area contributed by atoms with Crippen molar-refractivity contribution in [3.63, 3.8) is 0 Å². The first-order chi connectivity index (χ1) is 8.41. The Kier molecular flexibility index (Phi) is 5.62. The molecule has 0 saturated carbocycles. The fourth-order valence-electron chi connectivity index (χ4n) is 1.55. The fourth-order valence-corrected chi connectivity index (χ4v) is 2.00. The number of benzene rings is 1. The summed E-state index contributed by atoms with van der Waals surface area (Å²) in [6.45, 7) is 2.95. The Bertz CT molecular complexity index is 421. The molecule has 1 aromatic carbocycles. The molecule has 0 saturated heterocycles. The van der Waals surface area contributed by atoms with Crippen molar-refractivity contribution in [2.45, 2.75) is 19.4 Å². The van der Waals surface area contributed by atoms with E-state index in [2.05, 4.69) is 26.1 Å². The van der Waals surface area contributed by atoms with Gasteiger partial charge < -0.3 is 16.0 Å². The van der Waals surface area contributed by atoms with Crippen molar-refractivity contribution in [1.82, 2.24) is 10.2 Å². The summed E-state index contributed by atoms with van der Waals surface area (Å²) in [5.41, 5.74) is 6.90. The number of amides is 1. The van der Waals surface area contributed by atoms with Crippen molar-refractivity contribution in [2.75, 3.05) is 26.4 Å². The third-order valence-corrected chi connectivity index (χ3v) is 3.55. The van der Waals surface area contributed by atoms with Crippen molar-refractivity contribution in [1.29, 1.82) is 0 Å². The third-order valence-electron chi connectivity index (χ3n) is 2.66. The van der Waals surface area contributed by atoms with Gasteiger partial charge in [-0.3, -0.25) is 4.79 Å². The van der Waals surface area contributed by atoms with Gasteiger partial charge in [-0.2, -0.15) is 0 Å². The zero-order valence-electron chi connectivity index (χ0n) is 11.0. The minimum atomic E-state index is -0.0968. The highest BCUT2D eigenvalue weighted by molar-refractivity contribution is 9.10. The summed E-state index contributed by atoms with van der Waals surface area (Å²) >= 11 is 3.34. The molecule has 0 radical (unpaired) electrons. The Labute approximate surface area is 117 Å². The van der Waals surface area contributed by atoms with Crippen LogP contribution in [0.3, 0.4) is 0 Å². The van der Waals surface area contributed by atoms with Gasteiger partial charge in [0.05, 0.1) is 10.0 Å². The second-order valence-corrected chi connectivity index (χ2v) is 5.47. The highest BCUT2D eigenvalue weighted by atomic mass is 79.9. The lowest BCUT2D eigenvalue weighted by molar-refractivity contribution is 0.0936. The molecule has 5 heteroatoms. The number of nitrogen functional groups attached to an aromatic ring is 1. The minimum Gasteiger partial charge on any atom is -0.398 e. The Morgan fingerprint density at radius 2 is 2.17 bits per heavy atom. The van der Waals surface area contributed by atoms with Crippen LogP contribution in [0.1, 0.15) is 23.7 Å². The van der Waals surface area contributed by atoms with Crippen molar-refractivity contribution >= 4 is 27.5 Å². The maximum atomic E-state index is 12.1. The van der Waals surface area contributed by atoms with Crippen LogP contribution >= 0.6 is 15.9 Å². The maximum Gasteiger partial charge on any atom is 0.252 e. The highest BCUT2D eigenvalue weighted by Crippen LogP contribution is 2.23. The van der Waals surface area contributed by atoms with Crippen LogP contribution in [-0.4, -0.2) is 37.5 Å². The molecule has 4 nitrogen and oxygen atoms in total. The van der Waals surface area contributed by atoms with E-state index in [1.165, 1.54) is 0 Å².